The van der Waals surface area contributed by atoms with Crippen LogP contribution in [0.4, 0.5) is 0 Å². The molecule has 0 bridgehead atoms. The van der Waals surface area contributed by atoms with Gasteiger partial charge in [0.05, 0.1) is 0 Å². The lowest BCUT2D eigenvalue weighted by Crippen LogP contribution is -2.15. The van der Waals surface area contributed by atoms with Gasteiger partial charge in [-0.1, -0.05) is 62.2 Å². The molecule has 0 aliphatic rings. The second kappa shape index (κ2) is 14.0. The monoisotopic (exact) mass is 602 g/mol. The normalized spacial score (nSPS) is 10.3. The number of carbonyl (C=O) groups is 4. The third-order valence-electron chi connectivity index (χ3n) is 6.31. The van der Waals surface area contributed by atoms with Gasteiger partial charge in [0.1, 0.15) is 28.6 Å². The van der Waals surface area contributed by atoms with Crippen LogP contribution in [-0.2, 0) is 14.4 Å². The van der Waals surface area contributed by atoms with Crippen LogP contribution in [0.3, 0.4) is 0 Å². The van der Waals surface area contributed by atoms with Crippen molar-refractivity contribution in [2.24, 2.45) is 0 Å². The quantitative estimate of drug-likeness (QED) is 0.103. The predicted octanol–water partition coefficient (Wildman–Crippen LogP) is 7.68. The van der Waals surface area contributed by atoms with E-state index < -0.39 is 23.9 Å². The van der Waals surface area contributed by atoms with E-state index in [1.165, 1.54) is 13.0 Å². The van der Waals surface area contributed by atoms with E-state index in [2.05, 4.69) is 19.7 Å². The molecule has 8 heteroatoms. The third-order valence-corrected chi connectivity index (χ3v) is 6.31. The minimum atomic E-state index is -0.732. The summed E-state index contributed by atoms with van der Waals surface area (Å²) in [5.41, 5.74) is 3.81. The number of esters is 4. The number of hydrogen-bond donors (Lipinski definition) is 0. The van der Waals surface area contributed by atoms with Crippen molar-refractivity contribution in [2.75, 3.05) is 0 Å². The average molecular weight is 603 g/mol. The molecule has 0 aliphatic heterocycles. The zero-order chi connectivity index (χ0) is 32.7. The summed E-state index contributed by atoms with van der Waals surface area (Å²) in [6.07, 6.45) is 0. The SMILES string of the molecule is C=C(C)C(=O)Oc1ccc(-c2ccc(OC(=O)c3ccc(-c4ccc(OC(=O)C(=C)C)cc4)cc3OC(=O)C(=C)C)cc2)cc1. The summed E-state index contributed by atoms with van der Waals surface area (Å²) in [7, 11) is 0. The van der Waals surface area contributed by atoms with Crippen molar-refractivity contribution < 1.29 is 38.1 Å². The molecular formula is C37H30O8. The lowest BCUT2D eigenvalue weighted by molar-refractivity contribution is -0.131. The Hall–Kier alpha value is -6.02. The van der Waals surface area contributed by atoms with Crippen LogP contribution in [0.5, 0.6) is 23.0 Å². The van der Waals surface area contributed by atoms with Crippen molar-refractivity contribution in [3.8, 4) is 45.3 Å². The molecule has 0 aromatic heterocycles. The Morgan fingerprint density at radius 3 is 1.18 bits per heavy atom. The molecule has 226 valence electrons. The molecule has 0 saturated carbocycles. The van der Waals surface area contributed by atoms with Crippen molar-refractivity contribution in [2.45, 2.75) is 20.8 Å². The van der Waals surface area contributed by atoms with Crippen LogP contribution in [0, 0.1) is 0 Å². The first-order valence-electron chi connectivity index (χ1n) is 13.7. The molecule has 0 unspecified atom stereocenters. The Morgan fingerprint density at radius 2 is 0.778 bits per heavy atom. The van der Waals surface area contributed by atoms with E-state index in [-0.39, 0.29) is 28.2 Å². The Morgan fingerprint density at radius 1 is 0.444 bits per heavy atom. The van der Waals surface area contributed by atoms with Crippen LogP contribution in [0.1, 0.15) is 31.1 Å². The third kappa shape index (κ3) is 8.30. The van der Waals surface area contributed by atoms with Gasteiger partial charge in [-0.2, -0.15) is 0 Å². The van der Waals surface area contributed by atoms with Gasteiger partial charge in [-0.15, -0.1) is 0 Å². The zero-order valence-corrected chi connectivity index (χ0v) is 25.0. The molecule has 0 aliphatic carbocycles. The minimum absolute atomic E-state index is 0.00709. The van der Waals surface area contributed by atoms with Crippen LogP contribution < -0.4 is 18.9 Å². The highest BCUT2D eigenvalue weighted by Crippen LogP contribution is 2.31. The first-order chi connectivity index (χ1) is 21.4. The molecule has 0 saturated heterocycles. The van der Waals surface area contributed by atoms with Crippen LogP contribution in [-0.4, -0.2) is 23.9 Å². The molecule has 4 aromatic carbocycles. The van der Waals surface area contributed by atoms with Crippen molar-refractivity contribution in [3.05, 3.63) is 133 Å². The summed E-state index contributed by atoms with van der Waals surface area (Å²) in [5.74, 6) is -1.47. The summed E-state index contributed by atoms with van der Waals surface area (Å²) in [5, 5.41) is 0. The van der Waals surface area contributed by atoms with E-state index in [1.807, 2.05) is 0 Å². The fourth-order valence-corrected chi connectivity index (χ4v) is 3.84. The fourth-order valence-electron chi connectivity index (χ4n) is 3.84. The lowest BCUT2D eigenvalue weighted by Gasteiger charge is -2.13. The largest absolute Gasteiger partial charge is 0.423 e. The average Bonchev–Trinajstić information content (AvgIpc) is 3.02. The van der Waals surface area contributed by atoms with E-state index in [0.29, 0.717) is 22.6 Å². The summed E-state index contributed by atoms with van der Waals surface area (Å²) in [6, 6.07) is 25.2. The second-order valence-corrected chi connectivity index (χ2v) is 10.2. The Bertz CT molecular complexity index is 1810. The number of ether oxygens (including phenoxy) is 4. The number of benzene rings is 4. The maximum Gasteiger partial charge on any atom is 0.347 e. The van der Waals surface area contributed by atoms with Crippen LogP contribution >= 0.6 is 0 Å². The van der Waals surface area contributed by atoms with Gasteiger partial charge in [-0.3, -0.25) is 0 Å². The highest BCUT2D eigenvalue weighted by molar-refractivity contribution is 5.97. The molecule has 4 aromatic rings. The summed E-state index contributed by atoms with van der Waals surface area (Å²) >= 11 is 0. The van der Waals surface area contributed by atoms with Crippen molar-refractivity contribution in [1.82, 2.24) is 0 Å². The van der Waals surface area contributed by atoms with Gasteiger partial charge in [0.25, 0.3) is 0 Å². The first kappa shape index (κ1) is 31.9. The van der Waals surface area contributed by atoms with Crippen molar-refractivity contribution in [3.63, 3.8) is 0 Å². The molecule has 45 heavy (non-hydrogen) atoms. The van der Waals surface area contributed by atoms with Crippen molar-refractivity contribution in [1.29, 1.82) is 0 Å². The molecule has 0 fully saturated rings. The van der Waals surface area contributed by atoms with Crippen LogP contribution in [0.2, 0.25) is 0 Å². The van der Waals surface area contributed by atoms with Gasteiger partial charge in [-0.25, -0.2) is 19.2 Å². The molecule has 0 N–H and O–H groups in total. The van der Waals surface area contributed by atoms with Crippen LogP contribution in [0.25, 0.3) is 22.3 Å². The Balaban J connectivity index is 1.52. The van der Waals surface area contributed by atoms with E-state index >= 15 is 0 Å². The van der Waals surface area contributed by atoms with Crippen LogP contribution in [0.15, 0.2) is 127 Å². The molecule has 0 heterocycles. The van der Waals surface area contributed by atoms with Crippen molar-refractivity contribution >= 4 is 23.9 Å². The summed E-state index contributed by atoms with van der Waals surface area (Å²) < 4.78 is 21.6. The van der Waals surface area contributed by atoms with Gasteiger partial charge in [0, 0.05) is 16.7 Å². The lowest BCUT2D eigenvalue weighted by atomic mass is 10.0. The van der Waals surface area contributed by atoms with Gasteiger partial charge in [-0.05, 0) is 91.6 Å². The Kier molecular flexibility index (Phi) is 9.90. The van der Waals surface area contributed by atoms with Gasteiger partial charge >= 0.3 is 23.9 Å². The van der Waals surface area contributed by atoms with Gasteiger partial charge in [0.15, 0.2) is 0 Å². The van der Waals surface area contributed by atoms with E-state index in [4.69, 9.17) is 18.9 Å². The highest BCUT2D eigenvalue weighted by Gasteiger charge is 2.20. The molecule has 4 rings (SSSR count). The topological polar surface area (TPSA) is 105 Å². The smallest absolute Gasteiger partial charge is 0.347 e. The molecule has 0 atom stereocenters. The molecule has 0 radical (unpaired) electrons. The fraction of sp³-hybridized carbons (Fsp3) is 0.0811. The highest BCUT2D eigenvalue weighted by atomic mass is 16.6. The maximum absolute atomic E-state index is 13.2. The minimum Gasteiger partial charge on any atom is -0.423 e. The van der Waals surface area contributed by atoms with E-state index in [9.17, 15) is 19.2 Å². The standard InChI is InChI=1S/C37H30O8/c1-22(2)34(38)42-29-14-7-25(8-15-29)26-9-16-31(17-10-26)44-37(41)32-20-13-28(21-33(32)45-36(40)24(5)6)27-11-18-30(19-12-27)43-35(39)23(3)4/h7-21H,1,3,5H2,2,4,6H3. The van der Waals surface area contributed by atoms with E-state index in [0.717, 1.165) is 16.7 Å². The zero-order valence-electron chi connectivity index (χ0n) is 25.0. The first-order valence-corrected chi connectivity index (χ1v) is 13.7. The van der Waals surface area contributed by atoms with Gasteiger partial charge < -0.3 is 18.9 Å². The predicted molar refractivity (Wildman–Crippen MR) is 170 cm³/mol. The molecule has 8 nitrogen and oxygen atoms in total. The summed E-state index contributed by atoms with van der Waals surface area (Å²) in [4.78, 5) is 49.2. The molecular weight excluding hydrogens is 572 g/mol. The molecule has 0 amide bonds. The van der Waals surface area contributed by atoms with E-state index in [1.54, 1.807) is 98.8 Å². The van der Waals surface area contributed by atoms with Gasteiger partial charge in [0.2, 0.25) is 0 Å². The molecule has 0 spiro atoms. The number of rotatable bonds is 10. The number of carbonyl (C=O) groups excluding carboxylic acids is 4. The Labute approximate surface area is 260 Å². The second-order valence-electron chi connectivity index (χ2n) is 10.2. The number of hydrogen-bond acceptors (Lipinski definition) is 8. The maximum atomic E-state index is 13.2. The summed E-state index contributed by atoms with van der Waals surface area (Å²) in [6.45, 7) is 15.4.